The molecule has 2 rings (SSSR count). The first-order chi connectivity index (χ1) is 8.58. The number of rotatable bonds is 4. The lowest BCUT2D eigenvalue weighted by atomic mass is 10.1. The average molecular weight is 249 g/mol. The van der Waals surface area contributed by atoms with E-state index in [0.717, 1.165) is 43.7 Å². The Morgan fingerprint density at radius 3 is 2.56 bits per heavy atom. The molecule has 18 heavy (non-hydrogen) atoms. The maximum Gasteiger partial charge on any atom is 0.292 e. The topological polar surface area (TPSA) is 49.6 Å². The smallest absolute Gasteiger partial charge is 0.292 e. The normalized spacial score (nSPS) is 15.4. The van der Waals surface area contributed by atoms with Gasteiger partial charge in [-0.15, -0.1) is 0 Å². The predicted molar refractivity (Wildman–Crippen MR) is 71.9 cm³/mol. The summed E-state index contributed by atoms with van der Waals surface area (Å²) in [6, 6.07) is 5.58. The van der Waals surface area contributed by atoms with E-state index in [2.05, 4.69) is 4.90 Å². The third kappa shape index (κ3) is 2.79. The average Bonchev–Trinajstić information content (AvgIpc) is 2.81. The third-order valence-corrected chi connectivity index (χ3v) is 3.18. The van der Waals surface area contributed by atoms with Gasteiger partial charge in [-0.1, -0.05) is 6.07 Å². The Balaban J connectivity index is 2.31. The van der Waals surface area contributed by atoms with Crippen LogP contribution in [0.25, 0.3) is 0 Å². The highest BCUT2D eigenvalue weighted by molar-refractivity contribution is 5.64. The van der Waals surface area contributed by atoms with Crippen molar-refractivity contribution in [2.45, 2.75) is 19.4 Å². The Morgan fingerprint density at radius 1 is 1.33 bits per heavy atom. The zero-order chi connectivity index (χ0) is 13.1. The number of anilines is 1. The van der Waals surface area contributed by atoms with Gasteiger partial charge in [-0.25, -0.2) is 0 Å². The van der Waals surface area contributed by atoms with Crippen molar-refractivity contribution in [3.05, 3.63) is 33.9 Å². The van der Waals surface area contributed by atoms with Gasteiger partial charge < -0.3 is 9.80 Å². The van der Waals surface area contributed by atoms with Crippen LogP contribution in [0.4, 0.5) is 11.4 Å². The van der Waals surface area contributed by atoms with Crippen LogP contribution in [0, 0.1) is 10.1 Å². The molecule has 1 aliphatic heterocycles. The second kappa shape index (κ2) is 5.35. The van der Waals surface area contributed by atoms with E-state index < -0.39 is 0 Å². The van der Waals surface area contributed by atoms with Crippen LogP contribution in [0.3, 0.4) is 0 Å². The van der Waals surface area contributed by atoms with Gasteiger partial charge in [0, 0.05) is 25.7 Å². The Labute approximate surface area is 107 Å². The van der Waals surface area contributed by atoms with Crippen LogP contribution in [-0.2, 0) is 6.54 Å². The fourth-order valence-corrected chi connectivity index (χ4v) is 2.40. The largest absolute Gasteiger partial charge is 0.366 e. The van der Waals surface area contributed by atoms with Gasteiger partial charge in [0.1, 0.15) is 5.69 Å². The molecule has 0 unspecified atom stereocenters. The minimum atomic E-state index is -0.271. The number of benzene rings is 1. The van der Waals surface area contributed by atoms with Crippen molar-refractivity contribution in [2.75, 3.05) is 32.1 Å². The number of hydrogen-bond acceptors (Lipinski definition) is 4. The van der Waals surface area contributed by atoms with Crippen LogP contribution < -0.4 is 4.90 Å². The lowest BCUT2D eigenvalue weighted by Gasteiger charge is -2.18. The molecule has 0 aliphatic carbocycles. The van der Waals surface area contributed by atoms with Crippen molar-refractivity contribution in [1.29, 1.82) is 0 Å². The van der Waals surface area contributed by atoms with Crippen molar-refractivity contribution in [3.8, 4) is 0 Å². The molecule has 0 N–H and O–H groups in total. The standard InChI is InChI=1S/C13H19N3O2/c1-14(2)10-11-5-6-12(13(9-11)16(17)18)15-7-3-4-8-15/h5-6,9H,3-4,7-8,10H2,1-2H3. The summed E-state index contributed by atoms with van der Waals surface area (Å²) in [7, 11) is 3.92. The molecular formula is C13H19N3O2. The van der Waals surface area contributed by atoms with Crippen molar-refractivity contribution in [1.82, 2.24) is 4.90 Å². The maximum atomic E-state index is 11.2. The molecule has 0 saturated carbocycles. The Kier molecular flexibility index (Phi) is 3.81. The summed E-state index contributed by atoms with van der Waals surface area (Å²) in [5, 5.41) is 11.2. The highest BCUT2D eigenvalue weighted by Gasteiger charge is 2.22. The fraction of sp³-hybridized carbons (Fsp3) is 0.538. The molecule has 5 nitrogen and oxygen atoms in total. The lowest BCUT2D eigenvalue weighted by molar-refractivity contribution is -0.384. The zero-order valence-electron chi connectivity index (χ0n) is 10.9. The second-order valence-electron chi connectivity index (χ2n) is 5.01. The van der Waals surface area contributed by atoms with Gasteiger partial charge in [0.15, 0.2) is 0 Å². The van der Waals surface area contributed by atoms with E-state index in [1.807, 2.05) is 31.1 Å². The molecule has 0 aromatic heterocycles. The van der Waals surface area contributed by atoms with Crippen LogP contribution in [0.5, 0.6) is 0 Å². The summed E-state index contributed by atoms with van der Waals surface area (Å²) in [5.74, 6) is 0. The molecule has 0 radical (unpaired) electrons. The van der Waals surface area contributed by atoms with Crippen molar-refractivity contribution >= 4 is 11.4 Å². The minimum absolute atomic E-state index is 0.233. The third-order valence-electron chi connectivity index (χ3n) is 3.18. The number of hydrogen-bond donors (Lipinski definition) is 0. The first kappa shape index (κ1) is 12.8. The molecule has 0 spiro atoms. The summed E-state index contributed by atoms with van der Waals surface area (Å²) in [6.45, 7) is 2.57. The van der Waals surface area contributed by atoms with Gasteiger partial charge in [-0.05, 0) is 38.6 Å². The molecule has 1 saturated heterocycles. The van der Waals surface area contributed by atoms with Gasteiger partial charge in [0.25, 0.3) is 5.69 Å². The molecule has 98 valence electrons. The summed E-state index contributed by atoms with van der Waals surface area (Å²) in [4.78, 5) is 15.0. The van der Waals surface area contributed by atoms with Crippen molar-refractivity contribution < 1.29 is 4.92 Å². The first-order valence-corrected chi connectivity index (χ1v) is 6.25. The Morgan fingerprint density at radius 2 is 2.00 bits per heavy atom. The van der Waals surface area contributed by atoms with Crippen molar-refractivity contribution in [2.24, 2.45) is 0 Å². The van der Waals surface area contributed by atoms with Crippen LogP contribution in [0.15, 0.2) is 18.2 Å². The van der Waals surface area contributed by atoms with E-state index in [9.17, 15) is 10.1 Å². The quantitative estimate of drug-likeness (QED) is 0.606. The summed E-state index contributed by atoms with van der Waals surface area (Å²) >= 11 is 0. The fourth-order valence-electron chi connectivity index (χ4n) is 2.40. The zero-order valence-corrected chi connectivity index (χ0v) is 10.9. The van der Waals surface area contributed by atoms with E-state index in [1.54, 1.807) is 6.07 Å². The molecule has 0 bridgehead atoms. The van der Waals surface area contributed by atoms with Gasteiger partial charge in [0.05, 0.1) is 4.92 Å². The Bertz CT molecular complexity index is 440. The van der Waals surface area contributed by atoms with Gasteiger partial charge in [-0.3, -0.25) is 10.1 Å². The van der Waals surface area contributed by atoms with Crippen LogP contribution >= 0.6 is 0 Å². The lowest BCUT2D eigenvalue weighted by Crippen LogP contribution is -2.19. The highest BCUT2D eigenvalue weighted by Crippen LogP contribution is 2.31. The predicted octanol–water partition coefficient (Wildman–Crippen LogP) is 2.26. The molecule has 1 aliphatic rings. The molecule has 1 aromatic rings. The second-order valence-corrected chi connectivity index (χ2v) is 5.01. The van der Waals surface area contributed by atoms with E-state index in [4.69, 9.17) is 0 Å². The molecule has 1 heterocycles. The highest BCUT2D eigenvalue weighted by atomic mass is 16.6. The minimum Gasteiger partial charge on any atom is -0.366 e. The van der Waals surface area contributed by atoms with E-state index in [-0.39, 0.29) is 10.6 Å². The summed E-state index contributed by atoms with van der Waals surface area (Å²) < 4.78 is 0. The van der Waals surface area contributed by atoms with E-state index in [0.29, 0.717) is 0 Å². The molecule has 1 aromatic carbocycles. The Hall–Kier alpha value is -1.62. The SMILES string of the molecule is CN(C)Cc1ccc(N2CCCC2)c([N+](=O)[O-])c1. The molecule has 1 fully saturated rings. The first-order valence-electron chi connectivity index (χ1n) is 6.25. The monoisotopic (exact) mass is 249 g/mol. The number of nitro groups is 1. The van der Waals surface area contributed by atoms with Crippen LogP contribution in [0.1, 0.15) is 18.4 Å². The van der Waals surface area contributed by atoms with E-state index in [1.165, 1.54) is 0 Å². The maximum absolute atomic E-state index is 11.2. The van der Waals surface area contributed by atoms with Gasteiger partial charge in [-0.2, -0.15) is 0 Å². The number of nitrogens with zero attached hydrogens (tertiary/aromatic N) is 3. The summed E-state index contributed by atoms with van der Waals surface area (Å²) in [6.07, 6.45) is 2.24. The van der Waals surface area contributed by atoms with E-state index >= 15 is 0 Å². The number of nitro benzene ring substituents is 1. The molecule has 0 atom stereocenters. The molecule has 0 amide bonds. The van der Waals surface area contributed by atoms with Crippen molar-refractivity contribution in [3.63, 3.8) is 0 Å². The van der Waals surface area contributed by atoms with Crippen LogP contribution in [0.2, 0.25) is 0 Å². The van der Waals surface area contributed by atoms with Crippen LogP contribution in [-0.4, -0.2) is 37.0 Å². The molecular weight excluding hydrogens is 230 g/mol. The van der Waals surface area contributed by atoms with Gasteiger partial charge >= 0.3 is 0 Å². The van der Waals surface area contributed by atoms with Gasteiger partial charge in [0.2, 0.25) is 0 Å². The molecule has 5 heteroatoms. The summed E-state index contributed by atoms with van der Waals surface area (Å²) in [5.41, 5.74) is 1.98.